The van der Waals surface area contributed by atoms with Gasteiger partial charge in [0.1, 0.15) is 18.5 Å². The van der Waals surface area contributed by atoms with Crippen molar-refractivity contribution in [3.05, 3.63) is 12.0 Å². The summed E-state index contributed by atoms with van der Waals surface area (Å²) in [5.41, 5.74) is 5.28. The number of nitrogens with zero attached hydrogens (tertiary/aromatic N) is 1. The zero-order chi connectivity index (χ0) is 12.6. The van der Waals surface area contributed by atoms with E-state index < -0.39 is 36.5 Å². The van der Waals surface area contributed by atoms with Crippen LogP contribution in [-0.2, 0) is 4.74 Å². The van der Waals surface area contributed by atoms with Gasteiger partial charge in [0, 0.05) is 12.6 Å². The maximum Gasteiger partial charge on any atom is 0.325 e. The van der Waals surface area contributed by atoms with Crippen LogP contribution < -0.4 is 11.1 Å². The summed E-state index contributed by atoms with van der Waals surface area (Å²) in [6, 6.07) is -0.602. The van der Waals surface area contributed by atoms with Crippen LogP contribution in [0.15, 0.2) is 12.0 Å². The molecule has 2 amide bonds. The van der Waals surface area contributed by atoms with Gasteiger partial charge in [-0.1, -0.05) is 0 Å². The average molecular weight is 247 g/mol. The van der Waals surface area contributed by atoms with Crippen LogP contribution in [0, 0.1) is 0 Å². The molecule has 2 rings (SSSR count). The number of carbonyl (C=O) groups is 1. The summed E-state index contributed by atoms with van der Waals surface area (Å²) in [7, 11) is 0. The number of hydrogen-bond donors (Lipinski definition) is 4. The van der Waals surface area contributed by atoms with Crippen LogP contribution in [0.25, 0.3) is 0 Å². The zero-order valence-electron chi connectivity index (χ0n) is 8.91. The van der Waals surface area contributed by atoms with Gasteiger partial charge in [-0.05, 0) is 0 Å². The number of nitrogens with one attached hydrogen (secondary N) is 1. The third-order valence-corrected chi connectivity index (χ3v) is 2.77. The van der Waals surface area contributed by atoms with E-state index in [9.17, 15) is 14.3 Å². The normalized spacial score (nSPS) is 38.0. The largest absolute Gasteiger partial charge is 0.394 e. The Morgan fingerprint density at radius 1 is 1.71 bits per heavy atom. The number of aliphatic hydroxyl groups is 2. The van der Waals surface area contributed by atoms with Gasteiger partial charge in [-0.25, -0.2) is 9.18 Å². The summed E-state index contributed by atoms with van der Waals surface area (Å²) in [5.74, 6) is -0.699. The molecule has 2 heterocycles. The Hall–Kier alpha value is -1.22. The van der Waals surface area contributed by atoms with Crippen molar-refractivity contribution in [2.75, 3.05) is 6.61 Å². The lowest BCUT2D eigenvalue weighted by molar-refractivity contribution is -0.0549. The van der Waals surface area contributed by atoms with Crippen molar-refractivity contribution in [3.63, 3.8) is 0 Å². The molecule has 0 saturated carbocycles. The van der Waals surface area contributed by atoms with Crippen LogP contribution in [0.1, 0.15) is 6.42 Å². The second-order valence-corrected chi connectivity index (χ2v) is 3.96. The predicted octanol–water partition coefficient (Wildman–Crippen LogP) is -1.42. The van der Waals surface area contributed by atoms with Crippen molar-refractivity contribution >= 4 is 6.03 Å². The lowest BCUT2D eigenvalue weighted by Crippen LogP contribution is -2.54. The Labute approximate surface area is 96.6 Å². The second kappa shape index (κ2) is 4.57. The number of aliphatic hydroxyl groups excluding tert-OH is 2. The predicted molar refractivity (Wildman–Crippen MR) is 53.9 cm³/mol. The first kappa shape index (κ1) is 12.2. The van der Waals surface area contributed by atoms with E-state index in [-0.39, 0.29) is 13.0 Å². The lowest BCUT2D eigenvalue weighted by atomic mass is 10.2. The summed E-state index contributed by atoms with van der Waals surface area (Å²) in [6.45, 7) is -0.362. The van der Waals surface area contributed by atoms with Gasteiger partial charge in [-0.3, -0.25) is 4.90 Å². The summed E-state index contributed by atoms with van der Waals surface area (Å²) in [6.07, 6.45) is -2.55. The lowest BCUT2D eigenvalue weighted by Gasteiger charge is -2.30. The van der Waals surface area contributed by atoms with E-state index in [0.29, 0.717) is 0 Å². The molecule has 0 aromatic rings. The third kappa shape index (κ3) is 2.25. The first-order valence-electron chi connectivity index (χ1n) is 5.19. The van der Waals surface area contributed by atoms with Gasteiger partial charge in [-0.15, -0.1) is 0 Å². The minimum Gasteiger partial charge on any atom is -0.394 e. The number of hydrogen-bond acceptors (Lipinski definition) is 5. The van der Waals surface area contributed by atoms with Crippen LogP contribution in [0.2, 0.25) is 0 Å². The molecule has 2 unspecified atom stereocenters. The Morgan fingerprint density at radius 2 is 2.41 bits per heavy atom. The molecule has 0 aromatic heterocycles. The maximum absolute atomic E-state index is 13.2. The third-order valence-electron chi connectivity index (χ3n) is 2.77. The van der Waals surface area contributed by atoms with E-state index in [2.05, 4.69) is 5.32 Å². The minimum absolute atomic E-state index is 0.109. The van der Waals surface area contributed by atoms with E-state index in [4.69, 9.17) is 15.6 Å². The molecule has 8 heteroatoms. The highest BCUT2D eigenvalue weighted by atomic mass is 19.1. The highest BCUT2D eigenvalue weighted by Gasteiger charge is 2.40. The standard InChI is InChI=1S/C9H14FN3O4/c10-4-2-13(9(16)12-8(4)11)7-1-5(15)6(3-14)17-7/h2,5-8,14-15H,1,3,11H2,(H,12,16)/t5?,6-,7-,8?/m1/s1. The summed E-state index contributed by atoms with van der Waals surface area (Å²) >= 11 is 0. The molecule has 0 radical (unpaired) electrons. The van der Waals surface area contributed by atoms with Crippen molar-refractivity contribution in [1.29, 1.82) is 0 Å². The van der Waals surface area contributed by atoms with Crippen LogP contribution in [-0.4, -0.2) is 52.4 Å². The number of ether oxygens (including phenoxy) is 1. The van der Waals surface area contributed by atoms with E-state index in [0.717, 1.165) is 11.1 Å². The molecule has 17 heavy (non-hydrogen) atoms. The Balaban J connectivity index is 2.11. The topological polar surface area (TPSA) is 108 Å². The number of urea groups is 1. The summed E-state index contributed by atoms with van der Waals surface area (Å²) in [5, 5.41) is 20.6. The van der Waals surface area contributed by atoms with Crippen molar-refractivity contribution < 1.29 is 24.1 Å². The van der Waals surface area contributed by atoms with E-state index in [1.165, 1.54) is 0 Å². The fourth-order valence-electron chi connectivity index (χ4n) is 1.81. The molecule has 0 spiro atoms. The number of amides is 2. The molecule has 0 bridgehead atoms. The van der Waals surface area contributed by atoms with Crippen molar-refractivity contribution in [2.24, 2.45) is 5.73 Å². The quantitative estimate of drug-likeness (QED) is 0.479. The fourth-order valence-corrected chi connectivity index (χ4v) is 1.81. The molecule has 2 aliphatic heterocycles. The number of nitrogens with two attached hydrogens (primary N) is 1. The van der Waals surface area contributed by atoms with Crippen LogP contribution in [0.3, 0.4) is 0 Å². The fraction of sp³-hybridized carbons (Fsp3) is 0.667. The van der Waals surface area contributed by atoms with Crippen LogP contribution in [0.4, 0.5) is 9.18 Å². The Kier molecular flexibility index (Phi) is 3.29. The molecule has 0 aromatic carbocycles. The highest BCUT2D eigenvalue weighted by molar-refractivity contribution is 5.77. The van der Waals surface area contributed by atoms with Gasteiger partial charge in [0.05, 0.1) is 12.7 Å². The van der Waals surface area contributed by atoms with E-state index >= 15 is 0 Å². The first-order valence-corrected chi connectivity index (χ1v) is 5.19. The van der Waals surface area contributed by atoms with E-state index in [1.807, 2.05) is 0 Å². The smallest absolute Gasteiger partial charge is 0.325 e. The molecular weight excluding hydrogens is 233 g/mol. The van der Waals surface area contributed by atoms with Crippen molar-refractivity contribution in [1.82, 2.24) is 10.2 Å². The Bertz CT molecular complexity index is 351. The number of rotatable bonds is 2. The number of carbonyl (C=O) groups excluding carboxylic acids is 1. The first-order chi connectivity index (χ1) is 8.02. The second-order valence-electron chi connectivity index (χ2n) is 3.96. The molecular formula is C9H14FN3O4. The summed E-state index contributed by atoms with van der Waals surface area (Å²) in [4.78, 5) is 12.5. The molecule has 7 nitrogen and oxygen atoms in total. The van der Waals surface area contributed by atoms with Crippen molar-refractivity contribution in [3.8, 4) is 0 Å². The van der Waals surface area contributed by atoms with Gasteiger partial charge >= 0.3 is 6.03 Å². The van der Waals surface area contributed by atoms with Crippen molar-refractivity contribution in [2.45, 2.75) is 31.0 Å². The van der Waals surface area contributed by atoms with Gasteiger partial charge < -0.3 is 26.0 Å². The zero-order valence-corrected chi connectivity index (χ0v) is 8.91. The summed E-state index contributed by atoms with van der Waals surface area (Å²) < 4.78 is 18.5. The molecule has 5 N–H and O–H groups in total. The van der Waals surface area contributed by atoms with E-state index in [1.54, 1.807) is 0 Å². The molecule has 4 atom stereocenters. The van der Waals surface area contributed by atoms with Gasteiger partial charge in [0.2, 0.25) is 0 Å². The monoisotopic (exact) mass is 247 g/mol. The van der Waals surface area contributed by atoms with Gasteiger partial charge in [0.25, 0.3) is 0 Å². The van der Waals surface area contributed by atoms with Crippen LogP contribution >= 0.6 is 0 Å². The molecule has 96 valence electrons. The minimum atomic E-state index is -1.15. The van der Waals surface area contributed by atoms with Gasteiger partial charge in [0.15, 0.2) is 5.83 Å². The van der Waals surface area contributed by atoms with Gasteiger partial charge in [-0.2, -0.15) is 0 Å². The Morgan fingerprint density at radius 3 is 3.00 bits per heavy atom. The number of halogens is 1. The molecule has 1 fully saturated rings. The highest BCUT2D eigenvalue weighted by Crippen LogP contribution is 2.25. The van der Waals surface area contributed by atoms with Crippen LogP contribution in [0.5, 0.6) is 0 Å². The average Bonchev–Trinajstić information content (AvgIpc) is 2.65. The molecule has 1 saturated heterocycles. The maximum atomic E-state index is 13.2. The molecule has 2 aliphatic rings. The SMILES string of the molecule is NC1NC(=O)N([C@H]2CC(O)[C@@H](CO)O2)C=C1F. The molecule has 0 aliphatic carbocycles.